The van der Waals surface area contributed by atoms with Gasteiger partial charge in [-0.1, -0.05) is 11.8 Å². The van der Waals surface area contributed by atoms with E-state index in [0.717, 1.165) is 31.5 Å². The van der Waals surface area contributed by atoms with Crippen molar-refractivity contribution in [2.24, 2.45) is 0 Å². The summed E-state index contributed by atoms with van der Waals surface area (Å²) in [6.45, 7) is 1.70. The number of non-ortho nitro benzene ring substituents is 1. The number of amides is 3. The molecule has 3 atom stereocenters. The van der Waals surface area contributed by atoms with Crippen molar-refractivity contribution in [3.05, 3.63) is 52.2 Å². The van der Waals surface area contributed by atoms with Crippen LogP contribution in [0.2, 0.25) is 0 Å². The Labute approximate surface area is 181 Å². The summed E-state index contributed by atoms with van der Waals surface area (Å²) < 4.78 is 0. The lowest BCUT2D eigenvalue weighted by atomic mass is 9.99. The van der Waals surface area contributed by atoms with Crippen molar-refractivity contribution >= 4 is 40.8 Å². The molecule has 2 aromatic rings. The molecular weight excluding hydrogens is 420 g/mol. The van der Waals surface area contributed by atoms with Gasteiger partial charge in [-0.25, -0.2) is 9.78 Å². The average Bonchev–Trinajstić information content (AvgIpc) is 3.14. The molecule has 4 heterocycles. The van der Waals surface area contributed by atoms with Crippen LogP contribution in [0, 0.1) is 10.1 Å². The lowest BCUT2D eigenvalue weighted by Crippen LogP contribution is -2.52. The maximum Gasteiger partial charge on any atom is 0.327 e. The van der Waals surface area contributed by atoms with Crippen LogP contribution in [0.15, 0.2) is 41.6 Å². The second-order valence-corrected chi connectivity index (χ2v) is 8.81. The molecule has 3 amide bonds. The van der Waals surface area contributed by atoms with Crippen LogP contribution in [0.1, 0.15) is 24.4 Å². The van der Waals surface area contributed by atoms with Gasteiger partial charge in [0, 0.05) is 36.5 Å². The molecule has 1 saturated heterocycles. The SMILES string of the molecule is O=C(NC1CCCNC1)[C@@H]1Sc2nccc3c2C1NC(=O)N3c1ccc([N+](=O)[O-])cc1. The van der Waals surface area contributed by atoms with Crippen molar-refractivity contribution in [3.63, 3.8) is 0 Å². The van der Waals surface area contributed by atoms with Crippen molar-refractivity contribution in [3.8, 4) is 0 Å². The maximum atomic E-state index is 13.0. The molecule has 11 heteroatoms. The number of nitrogens with zero attached hydrogens (tertiary/aromatic N) is 3. The summed E-state index contributed by atoms with van der Waals surface area (Å²) in [6, 6.07) is 6.73. The fourth-order valence-corrected chi connectivity index (χ4v) is 5.50. The van der Waals surface area contributed by atoms with Crippen LogP contribution in [0.5, 0.6) is 0 Å². The van der Waals surface area contributed by atoms with E-state index in [1.807, 2.05) is 0 Å². The van der Waals surface area contributed by atoms with Crippen LogP contribution in [0.3, 0.4) is 0 Å². The van der Waals surface area contributed by atoms with E-state index in [2.05, 4.69) is 20.9 Å². The van der Waals surface area contributed by atoms with Crippen LogP contribution >= 0.6 is 11.8 Å². The molecular formula is C20H20N6O4S. The van der Waals surface area contributed by atoms with Gasteiger partial charge < -0.3 is 16.0 Å². The zero-order valence-electron chi connectivity index (χ0n) is 16.4. The number of hydrogen-bond donors (Lipinski definition) is 3. The van der Waals surface area contributed by atoms with Crippen LogP contribution < -0.4 is 20.9 Å². The number of nitrogens with one attached hydrogen (secondary N) is 3. The summed E-state index contributed by atoms with van der Waals surface area (Å²) >= 11 is 1.35. The number of nitro groups is 1. The molecule has 0 bridgehead atoms. The second-order valence-electron chi connectivity index (χ2n) is 7.68. The lowest BCUT2D eigenvalue weighted by molar-refractivity contribution is -0.384. The van der Waals surface area contributed by atoms with Gasteiger partial charge in [-0.05, 0) is 37.6 Å². The molecule has 31 heavy (non-hydrogen) atoms. The Hall–Kier alpha value is -3.18. The smallest absolute Gasteiger partial charge is 0.327 e. The monoisotopic (exact) mass is 440 g/mol. The third-order valence-electron chi connectivity index (χ3n) is 5.73. The summed E-state index contributed by atoms with van der Waals surface area (Å²) in [4.78, 5) is 42.4. The molecule has 1 aromatic heterocycles. The van der Waals surface area contributed by atoms with E-state index in [-0.39, 0.29) is 23.7 Å². The molecule has 5 rings (SSSR count). The van der Waals surface area contributed by atoms with Gasteiger partial charge in [0.05, 0.1) is 22.3 Å². The number of carbonyl (C=O) groups is 2. The summed E-state index contributed by atoms with van der Waals surface area (Å²) in [7, 11) is 0. The lowest BCUT2D eigenvalue weighted by Gasteiger charge is -2.34. The molecule has 10 nitrogen and oxygen atoms in total. The molecule has 1 fully saturated rings. The van der Waals surface area contributed by atoms with Crippen LogP contribution in [0.4, 0.5) is 21.9 Å². The number of anilines is 2. The standard InChI is InChI=1S/C20H20N6O4S/c27-18(23-11-2-1-8-21-10-11)17-16-15-14(7-9-22-19(15)31-17)25(20(28)24-16)12-3-5-13(6-4-12)26(29)30/h3-7,9,11,16-17,21H,1-2,8,10H2,(H,23,27)(H,24,28)/t11?,16?,17-/m1/s1. The number of hydrogen-bond acceptors (Lipinski definition) is 7. The van der Waals surface area contributed by atoms with Crippen molar-refractivity contribution in [1.82, 2.24) is 20.9 Å². The normalized spacial score (nSPS) is 24.3. The Morgan fingerprint density at radius 3 is 2.81 bits per heavy atom. The van der Waals surface area contributed by atoms with Gasteiger partial charge in [0.15, 0.2) is 0 Å². The predicted octanol–water partition coefficient (Wildman–Crippen LogP) is 2.23. The summed E-state index contributed by atoms with van der Waals surface area (Å²) in [5.74, 6) is -0.114. The highest BCUT2D eigenvalue weighted by Gasteiger charge is 2.46. The molecule has 3 aliphatic heterocycles. The van der Waals surface area contributed by atoms with Gasteiger partial charge in [-0.2, -0.15) is 0 Å². The zero-order valence-corrected chi connectivity index (χ0v) is 17.2. The summed E-state index contributed by atoms with van der Waals surface area (Å²) in [5, 5.41) is 20.5. The number of benzene rings is 1. The fourth-order valence-electron chi connectivity index (χ4n) is 4.26. The Bertz CT molecular complexity index is 1060. The van der Waals surface area contributed by atoms with Gasteiger partial charge in [-0.15, -0.1) is 0 Å². The number of carbonyl (C=O) groups excluding carboxylic acids is 2. The molecule has 160 valence electrons. The Morgan fingerprint density at radius 2 is 2.10 bits per heavy atom. The number of rotatable bonds is 4. The second kappa shape index (κ2) is 7.82. The molecule has 2 unspecified atom stereocenters. The first-order valence-corrected chi connectivity index (χ1v) is 10.9. The van der Waals surface area contributed by atoms with Gasteiger partial charge in [-0.3, -0.25) is 19.8 Å². The summed E-state index contributed by atoms with van der Waals surface area (Å²) in [6.07, 6.45) is 3.55. The average molecular weight is 440 g/mol. The third-order valence-corrected chi connectivity index (χ3v) is 7.02. The van der Waals surface area contributed by atoms with E-state index >= 15 is 0 Å². The van der Waals surface area contributed by atoms with E-state index < -0.39 is 16.2 Å². The molecule has 3 aliphatic rings. The molecule has 1 aromatic carbocycles. The minimum atomic E-state index is -0.506. The van der Waals surface area contributed by atoms with Gasteiger partial charge in [0.2, 0.25) is 5.91 Å². The van der Waals surface area contributed by atoms with E-state index in [1.165, 1.54) is 40.9 Å². The van der Waals surface area contributed by atoms with Crippen LogP contribution in [-0.2, 0) is 4.79 Å². The quantitative estimate of drug-likeness (QED) is 0.491. The molecule has 0 saturated carbocycles. The highest BCUT2D eigenvalue weighted by molar-refractivity contribution is 8.01. The van der Waals surface area contributed by atoms with Crippen LogP contribution in [-0.4, -0.2) is 46.2 Å². The van der Waals surface area contributed by atoms with Gasteiger partial charge >= 0.3 is 6.03 Å². The van der Waals surface area contributed by atoms with Crippen molar-refractivity contribution in [2.75, 3.05) is 18.0 Å². The van der Waals surface area contributed by atoms with Crippen molar-refractivity contribution in [1.29, 1.82) is 0 Å². The number of nitro benzene ring substituents is 1. The predicted molar refractivity (Wildman–Crippen MR) is 114 cm³/mol. The first kappa shape index (κ1) is 19.8. The maximum absolute atomic E-state index is 13.0. The van der Waals surface area contributed by atoms with E-state index in [9.17, 15) is 19.7 Å². The topological polar surface area (TPSA) is 130 Å². The first-order valence-electron chi connectivity index (χ1n) is 10.0. The number of piperidine rings is 1. The van der Waals surface area contributed by atoms with E-state index in [4.69, 9.17) is 0 Å². The Kier molecular flexibility index (Phi) is 4.98. The number of pyridine rings is 1. The fraction of sp³-hybridized carbons (Fsp3) is 0.350. The number of thioether (sulfide) groups is 1. The van der Waals surface area contributed by atoms with Gasteiger partial charge in [0.25, 0.3) is 5.69 Å². The number of aromatic nitrogens is 1. The first-order chi connectivity index (χ1) is 15.0. The van der Waals surface area contributed by atoms with Crippen LogP contribution in [0.25, 0.3) is 0 Å². The largest absolute Gasteiger partial charge is 0.351 e. The Balaban J connectivity index is 1.44. The number of urea groups is 1. The van der Waals surface area contributed by atoms with Crippen molar-refractivity contribution in [2.45, 2.75) is 35.2 Å². The highest BCUT2D eigenvalue weighted by atomic mass is 32.2. The van der Waals surface area contributed by atoms with Gasteiger partial charge in [0.1, 0.15) is 10.3 Å². The third kappa shape index (κ3) is 3.49. The molecule has 3 N–H and O–H groups in total. The van der Waals surface area contributed by atoms with Crippen molar-refractivity contribution < 1.29 is 14.5 Å². The minimum Gasteiger partial charge on any atom is -0.351 e. The highest BCUT2D eigenvalue weighted by Crippen LogP contribution is 2.50. The van der Waals surface area contributed by atoms with E-state index in [0.29, 0.717) is 16.4 Å². The van der Waals surface area contributed by atoms with E-state index in [1.54, 1.807) is 12.3 Å². The Morgan fingerprint density at radius 1 is 1.29 bits per heavy atom. The summed E-state index contributed by atoms with van der Waals surface area (Å²) in [5.41, 5.74) is 1.88. The molecule has 0 aliphatic carbocycles. The minimum absolute atomic E-state index is 0.0523. The molecule has 0 radical (unpaired) electrons. The zero-order chi connectivity index (χ0) is 21.5. The molecule has 0 spiro atoms.